The molecule has 0 saturated heterocycles. The lowest BCUT2D eigenvalue weighted by molar-refractivity contribution is -0.138. The average molecular weight is 908 g/mol. The third kappa shape index (κ3) is 688. The van der Waals surface area contributed by atoms with E-state index in [0.29, 0.717) is 18.0 Å². The van der Waals surface area contributed by atoms with E-state index in [2.05, 4.69) is 67.3 Å². The topological polar surface area (TPSA) is 302 Å². The van der Waals surface area contributed by atoms with Gasteiger partial charge in [0.05, 0.1) is 25.8 Å². The maximum atomic E-state index is 10.1. The van der Waals surface area contributed by atoms with Gasteiger partial charge >= 0.3 is 18.2 Å². The number of alkyl carbamates (subject to hydrolysis) is 2. The van der Waals surface area contributed by atoms with Crippen molar-refractivity contribution in [1.82, 2.24) is 26.2 Å². The van der Waals surface area contributed by atoms with Crippen molar-refractivity contribution in [3.05, 3.63) is 0 Å². The Morgan fingerprint density at radius 2 is 0.897 bits per heavy atom. The molecule has 20 nitrogen and oxygen atoms in total. The van der Waals surface area contributed by atoms with Crippen LogP contribution in [0.25, 0.3) is 0 Å². The zero-order chi connectivity index (χ0) is 50.1. The Hall–Kier alpha value is -3.96. The van der Waals surface area contributed by atoms with Gasteiger partial charge in [-0.1, -0.05) is 39.4 Å². The summed E-state index contributed by atoms with van der Waals surface area (Å²) < 4.78 is 41.5. The molecule has 0 unspecified atom stereocenters. The molecule has 0 spiro atoms. The summed E-state index contributed by atoms with van der Waals surface area (Å²) in [7, 11) is 10.0. The van der Waals surface area contributed by atoms with Gasteiger partial charge in [0.15, 0.2) is 0 Å². The Labute approximate surface area is 360 Å². The Morgan fingerprint density at radius 3 is 0.914 bits per heavy atom. The molecule has 0 heterocycles. The Kier molecular flexibility index (Phi) is 115. The second-order valence-electron chi connectivity index (χ2n) is 10.5. The summed E-state index contributed by atoms with van der Waals surface area (Å²) in [6.45, 7) is 19.8. The number of sulfone groups is 1. The molecule has 0 aromatic carbocycles. The highest BCUT2D eigenvalue weighted by atomic mass is 32.2. The molecule has 23 heteroatoms. The highest BCUT2D eigenvalue weighted by molar-refractivity contribution is 7.89. The molecule has 0 aliphatic heterocycles. The van der Waals surface area contributed by atoms with Crippen molar-refractivity contribution in [3.63, 3.8) is 0 Å². The lowest BCUT2D eigenvalue weighted by Gasteiger charge is -1.95. The van der Waals surface area contributed by atoms with Gasteiger partial charge in [-0.25, -0.2) is 18.0 Å². The summed E-state index contributed by atoms with van der Waals surface area (Å²) in [6.07, 6.45) is 6.73. The molecule has 0 aromatic rings. The molecule has 8 N–H and O–H groups in total. The number of hydrogen-bond acceptors (Lipinski definition) is 15. The molecule has 356 valence electrons. The van der Waals surface area contributed by atoms with Crippen molar-refractivity contribution in [2.75, 3.05) is 94.7 Å². The van der Waals surface area contributed by atoms with Gasteiger partial charge in [-0.15, -0.1) is 0 Å². The molecule has 0 bridgehead atoms. The second kappa shape index (κ2) is 77.5. The largest absolute Gasteiger partial charge is 0.469 e. The van der Waals surface area contributed by atoms with Crippen molar-refractivity contribution in [2.45, 2.75) is 89.0 Å². The van der Waals surface area contributed by atoms with Crippen LogP contribution >= 0.6 is 12.2 Å². The van der Waals surface area contributed by atoms with E-state index >= 15 is 0 Å². The number of Topliss-reactive ketones (excluding diaryl/α,β-unsaturated/α-hetero) is 1. The summed E-state index contributed by atoms with van der Waals surface area (Å²) in [5, 5.41) is 9.52. The first-order chi connectivity index (χ1) is 26.0. The van der Waals surface area contributed by atoms with Crippen LogP contribution in [0.3, 0.4) is 0 Å². The zero-order valence-corrected chi connectivity index (χ0v) is 42.4. The molecule has 0 aliphatic carbocycles. The van der Waals surface area contributed by atoms with Crippen LogP contribution in [0.2, 0.25) is 0 Å². The number of rotatable bonds is 3. The van der Waals surface area contributed by atoms with Crippen LogP contribution in [0.4, 0.5) is 9.59 Å². The minimum atomic E-state index is -2.67. The fourth-order valence-electron chi connectivity index (χ4n) is 0.554. The molecule has 0 atom stereocenters. The first-order valence-electron chi connectivity index (χ1n) is 17.1. The first kappa shape index (κ1) is 86.0. The number of primary amides is 1. The third-order valence-electron chi connectivity index (χ3n) is 2.43. The number of nitrogens with two attached hydrogens (primary N) is 2. The fraction of sp³-hybridized carbons (Fsp3) is 0.771. The van der Waals surface area contributed by atoms with Crippen molar-refractivity contribution >= 4 is 79.5 Å². The van der Waals surface area contributed by atoms with E-state index in [1.807, 2.05) is 39.9 Å². The molecular weight excluding hydrogens is 823 g/mol. The quantitative estimate of drug-likeness (QED) is 0.135. The number of thiocarbonyl (C=S) groups is 1. The second-order valence-corrected chi connectivity index (χ2v) is 14.9. The van der Waals surface area contributed by atoms with E-state index in [0.717, 1.165) is 19.1 Å². The molecule has 0 aromatic heterocycles. The fourth-order valence-corrected chi connectivity index (χ4v) is 0.554. The number of ether oxygens (including phenoxy) is 3. The highest BCUT2D eigenvalue weighted by Gasteiger charge is 1.89. The summed E-state index contributed by atoms with van der Waals surface area (Å²) in [5.74, 6) is -0.280. The van der Waals surface area contributed by atoms with Gasteiger partial charge in [-0.3, -0.25) is 23.4 Å². The normalized spacial score (nSPS) is 7.67. The van der Waals surface area contributed by atoms with Crippen LogP contribution in [0.15, 0.2) is 0 Å². The zero-order valence-electron chi connectivity index (χ0n) is 40.0. The van der Waals surface area contributed by atoms with E-state index in [1.54, 1.807) is 40.3 Å². The molecule has 0 aliphatic rings. The summed E-state index contributed by atoms with van der Waals surface area (Å²) in [5.41, 5.74) is 9.31. The number of carbonyl (C=O) groups excluding carboxylic acids is 7. The average Bonchev–Trinajstić information content (AvgIpc) is 3.04. The van der Waals surface area contributed by atoms with Gasteiger partial charge < -0.3 is 56.6 Å². The van der Waals surface area contributed by atoms with Crippen LogP contribution in [0, 0.1) is 0 Å². The minimum absolute atomic E-state index is 0.00463. The van der Waals surface area contributed by atoms with Crippen LogP contribution in [-0.2, 0) is 58.8 Å². The van der Waals surface area contributed by atoms with Crippen LogP contribution < -0.4 is 32.7 Å². The van der Waals surface area contributed by atoms with Crippen molar-refractivity contribution in [2.24, 2.45) is 11.5 Å². The number of nitrogens with zero attached hydrogens (tertiary/aromatic N) is 1. The summed E-state index contributed by atoms with van der Waals surface area (Å²) in [6, 6.07) is 0. The van der Waals surface area contributed by atoms with E-state index in [9.17, 15) is 46.2 Å². The number of hydrogen-bond donors (Lipinski definition) is 6. The summed E-state index contributed by atoms with van der Waals surface area (Å²) >= 11 is 4.31. The smallest absolute Gasteiger partial charge is 0.406 e. The maximum absolute atomic E-state index is 10.1. The molecule has 0 rings (SSSR count). The van der Waals surface area contributed by atoms with Gasteiger partial charge in [-0.05, 0) is 48.8 Å². The number of nitrogens with one attached hydrogen (secondary N) is 4. The lowest BCUT2D eigenvalue weighted by Crippen LogP contribution is -2.18. The lowest BCUT2D eigenvalue weighted by atomic mass is 10.4. The molecule has 0 saturated carbocycles. The maximum Gasteiger partial charge on any atom is 0.406 e. The minimum Gasteiger partial charge on any atom is -0.469 e. The predicted molar refractivity (Wildman–Crippen MR) is 244 cm³/mol. The van der Waals surface area contributed by atoms with Crippen LogP contribution in [0.5, 0.6) is 0 Å². The highest BCUT2D eigenvalue weighted by Crippen LogP contribution is 1.72. The third-order valence-corrected chi connectivity index (χ3v) is 2.43. The Balaban J connectivity index is -0.0000000400. The van der Waals surface area contributed by atoms with Crippen LogP contribution in [0.1, 0.15) is 89.0 Å². The molecule has 0 fully saturated rings. The van der Waals surface area contributed by atoms with Gasteiger partial charge in [0.1, 0.15) is 15.6 Å². The Bertz CT molecular complexity index is 991. The van der Waals surface area contributed by atoms with Crippen LogP contribution in [-0.4, -0.2) is 159 Å². The van der Waals surface area contributed by atoms with Crippen molar-refractivity contribution < 1.29 is 60.4 Å². The predicted octanol–water partition coefficient (Wildman–Crippen LogP) is 2.43. The van der Waals surface area contributed by atoms with E-state index in [4.69, 9.17) is 5.73 Å². The Morgan fingerprint density at radius 1 is 0.690 bits per heavy atom. The number of amides is 5. The van der Waals surface area contributed by atoms with Gasteiger partial charge in [0, 0.05) is 97.6 Å². The number of methoxy groups -OCH3 is 2. The van der Waals surface area contributed by atoms with E-state index in [1.165, 1.54) is 62.4 Å². The van der Waals surface area contributed by atoms with Gasteiger partial charge in [-0.2, -0.15) is 0 Å². The molecule has 0 radical (unpaired) electrons. The van der Waals surface area contributed by atoms with E-state index < -0.39 is 26.7 Å². The summed E-state index contributed by atoms with van der Waals surface area (Å²) in [4.78, 5) is 70.7. The monoisotopic (exact) mass is 908 g/mol. The standard InChI is InChI=1S/C4H9NO2.C4H9NO.C4H8O.C3H7NO2.C3H7NO.C3H9N.C3H6O2.C3H8.C2H5NO.C2H5NS.C2H6O2S.C2H6OS/c1-3-7-4(6)5-2;1-3-5-4(2)6;1-3-4(2)5;1-4-3(5)6-2;1-3(5)4-2;1-4(2)3;1-3(4)5-2;1-3-2;2*1-2(3)4;1-5(2,3)4;1-4(2)3/h3H2,1-2H3,(H,5,6);3H2,1-2H3,(H,5,6);3H2,1-2H3;1-2H3,(H,4,5);1-2H3,(H,4,5);1-3H3;1-2H3;3H2,1-2H3;2*1H3,(H2,3,4);1-2H3;1-2H3. The molecular formula is C35H85N7O13S3. The number of carbonyl (C=O) groups is 7. The number of ketones is 1. The number of esters is 1. The van der Waals surface area contributed by atoms with Crippen molar-refractivity contribution in [3.8, 4) is 0 Å². The molecule has 5 amide bonds. The van der Waals surface area contributed by atoms with E-state index in [-0.39, 0.29) is 35.6 Å². The van der Waals surface area contributed by atoms with Gasteiger partial charge in [0.25, 0.3) is 0 Å². The van der Waals surface area contributed by atoms with Gasteiger partial charge in [0.2, 0.25) is 17.7 Å². The molecule has 58 heavy (non-hydrogen) atoms. The van der Waals surface area contributed by atoms with Crippen molar-refractivity contribution in [1.29, 1.82) is 0 Å². The first-order valence-corrected chi connectivity index (χ1v) is 21.8. The SMILES string of the molecule is CC(N)=O.CC(N)=S.CCC.CCC(C)=O.CCNC(C)=O.CCOC(=O)NC.CN(C)C.CNC(=O)OC.CNC(C)=O.COC(C)=O.CS(C)(=O)=O.CS(C)=O.